The lowest BCUT2D eigenvalue weighted by molar-refractivity contribution is -0.127. The van der Waals surface area contributed by atoms with Crippen LogP contribution in [0.4, 0.5) is 5.69 Å². The first kappa shape index (κ1) is 18.3. The topological polar surface area (TPSA) is 57.7 Å². The van der Waals surface area contributed by atoms with Gasteiger partial charge in [0.1, 0.15) is 6.54 Å². The summed E-state index contributed by atoms with van der Waals surface area (Å²) in [4.78, 5) is 13.6. The lowest BCUT2D eigenvalue weighted by Gasteiger charge is -2.26. The van der Waals surface area contributed by atoms with Crippen LogP contribution in [0.1, 0.15) is 5.56 Å². The van der Waals surface area contributed by atoms with Gasteiger partial charge in [0.25, 0.3) is 10.0 Å². The molecule has 0 fully saturated rings. The highest BCUT2D eigenvalue weighted by molar-refractivity contribution is 7.92. The lowest BCUT2D eigenvalue weighted by atomic mass is 10.2. The van der Waals surface area contributed by atoms with Crippen molar-refractivity contribution < 1.29 is 13.2 Å². The Morgan fingerprint density at radius 2 is 1.62 bits per heavy atom. The van der Waals surface area contributed by atoms with Crippen molar-refractivity contribution in [2.45, 2.75) is 11.8 Å². The Bertz CT molecular complexity index is 833. The molecule has 0 aliphatic carbocycles. The number of carbonyl (C=O) groups excluding carboxylic acids is 1. The highest BCUT2D eigenvalue weighted by Crippen LogP contribution is 2.27. The molecule has 0 bridgehead atoms. The Kier molecular flexibility index (Phi) is 5.51. The lowest BCUT2D eigenvalue weighted by Crippen LogP contribution is -2.40. The van der Waals surface area contributed by atoms with Crippen molar-refractivity contribution in [2.75, 3.05) is 24.9 Å². The van der Waals surface area contributed by atoms with Crippen LogP contribution in [0.2, 0.25) is 5.02 Å². The monoisotopic (exact) mass is 366 g/mol. The third-order valence-corrected chi connectivity index (χ3v) is 5.59. The first-order valence-electron chi connectivity index (χ1n) is 7.27. The number of nitrogens with zero attached hydrogens (tertiary/aromatic N) is 2. The van der Waals surface area contributed by atoms with E-state index < -0.39 is 10.0 Å². The Morgan fingerprint density at radius 3 is 2.17 bits per heavy atom. The maximum absolute atomic E-state index is 13.1. The maximum Gasteiger partial charge on any atom is 0.264 e. The van der Waals surface area contributed by atoms with E-state index in [0.717, 1.165) is 9.87 Å². The minimum Gasteiger partial charge on any atom is -0.347 e. The van der Waals surface area contributed by atoms with Gasteiger partial charge in [0, 0.05) is 19.1 Å². The van der Waals surface area contributed by atoms with Crippen LogP contribution in [-0.4, -0.2) is 39.9 Å². The van der Waals surface area contributed by atoms with Gasteiger partial charge in [0.15, 0.2) is 0 Å². The predicted molar refractivity (Wildman–Crippen MR) is 95.9 cm³/mol. The predicted octanol–water partition coefficient (Wildman–Crippen LogP) is 2.93. The van der Waals surface area contributed by atoms with Crippen LogP contribution in [0.3, 0.4) is 0 Å². The summed E-state index contributed by atoms with van der Waals surface area (Å²) in [5.41, 5.74) is 1.24. The molecule has 0 aliphatic heterocycles. The first-order chi connectivity index (χ1) is 11.2. The maximum atomic E-state index is 13.1. The zero-order valence-corrected chi connectivity index (χ0v) is 15.3. The minimum absolute atomic E-state index is 0.0849. The van der Waals surface area contributed by atoms with Crippen molar-refractivity contribution in [3.63, 3.8) is 0 Å². The SMILES string of the molecule is Cc1ccccc1N(CC(=O)N(C)C)S(=O)(=O)c1ccc(Cl)cc1. The van der Waals surface area contributed by atoms with Crippen molar-refractivity contribution in [3.8, 4) is 0 Å². The summed E-state index contributed by atoms with van der Waals surface area (Å²) in [6, 6.07) is 12.9. The van der Waals surface area contributed by atoms with E-state index in [4.69, 9.17) is 11.6 Å². The Labute approximate surface area is 147 Å². The number of amides is 1. The molecule has 0 heterocycles. The number of sulfonamides is 1. The zero-order chi connectivity index (χ0) is 17.9. The molecule has 0 unspecified atom stereocenters. The molecule has 2 rings (SSSR count). The largest absolute Gasteiger partial charge is 0.347 e. The second-order valence-electron chi connectivity index (χ2n) is 5.54. The number of aryl methyl sites for hydroxylation is 1. The molecule has 24 heavy (non-hydrogen) atoms. The van der Waals surface area contributed by atoms with Crippen LogP contribution in [0.15, 0.2) is 53.4 Å². The summed E-state index contributed by atoms with van der Waals surface area (Å²) in [7, 11) is -0.714. The van der Waals surface area contributed by atoms with Crippen molar-refractivity contribution in [2.24, 2.45) is 0 Å². The second kappa shape index (κ2) is 7.23. The van der Waals surface area contributed by atoms with E-state index in [1.54, 1.807) is 39.2 Å². The number of hydrogen-bond acceptors (Lipinski definition) is 3. The van der Waals surface area contributed by atoms with E-state index in [9.17, 15) is 13.2 Å². The van der Waals surface area contributed by atoms with Crippen molar-refractivity contribution >= 4 is 33.2 Å². The summed E-state index contributed by atoms with van der Waals surface area (Å²) in [6.45, 7) is 1.53. The summed E-state index contributed by atoms with van der Waals surface area (Å²) >= 11 is 5.84. The molecule has 2 aromatic carbocycles. The Morgan fingerprint density at radius 1 is 1.04 bits per heavy atom. The van der Waals surface area contributed by atoms with Gasteiger partial charge in [-0.05, 0) is 42.8 Å². The molecule has 0 saturated carbocycles. The summed E-state index contributed by atoms with van der Waals surface area (Å²) in [6.07, 6.45) is 0. The van der Waals surface area contributed by atoms with E-state index in [1.165, 1.54) is 29.2 Å². The fraction of sp³-hybridized carbons (Fsp3) is 0.235. The summed E-state index contributed by atoms with van der Waals surface area (Å²) in [5, 5.41) is 0.445. The van der Waals surface area contributed by atoms with Crippen molar-refractivity contribution in [1.29, 1.82) is 0 Å². The molecule has 0 radical (unpaired) electrons. The minimum atomic E-state index is -3.89. The number of carbonyl (C=O) groups is 1. The van der Waals surface area contributed by atoms with Gasteiger partial charge in [-0.25, -0.2) is 8.42 Å². The van der Waals surface area contributed by atoms with Crippen LogP contribution >= 0.6 is 11.6 Å². The molecule has 1 amide bonds. The molecule has 0 spiro atoms. The number of halogens is 1. The zero-order valence-electron chi connectivity index (χ0n) is 13.7. The first-order valence-corrected chi connectivity index (χ1v) is 9.09. The van der Waals surface area contributed by atoms with Gasteiger partial charge < -0.3 is 4.90 Å². The third kappa shape index (κ3) is 3.88. The smallest absolute Gasteiger partial charge is 0.264 e. The molecule has 7 heteroatoms. The number of likely N-dealkylation sites (N-methyl/N-ethyl adjacent to an activating group) is 1. The second-order valence-corrected chi connectivity index (χ2v) is 7.84. The number of anilines is 1. The van der Waals surface area contributed by atoms with Crippen LogP contribution in [-0.2, 0) is 14.8 Å². The Hall–Kier alpha value is -2.05. The highest BCUT2D eigenvalue weighted by Gasteiger charge is 2.28. The van der Waals surface area contributed by atoms with Crippen LogP contribution < -0.4 is 4.31 Å². The molecule has 0 aliphatic rings. The van der Waals surface area contributed by atoms with Gasteiger partial charge in [-0.2, -0.15) is 0 Å². The molecule has 2 aromatic rings. The molecule has 0 aromatic heterocycles. The quantitative estimate of drug-likeness (QED) is 0.817. The molecule has 0 saturated heterocycles. The summed E-state index contributed by atoms with van der Waals surface area (Å²) in [5.74, 6) is -0.309. The van der Waals surface area contributed by atoms with Gasteiger partial charge in [-0.1, -0.05) is 29.8 Å². The van der Waals surface area contributed by atoms with E-state index in [1.807, 2.05) is 6.07 Å². The van der Waals surface area contributed by atoms with E-state index >= 15 is 0 Å². The average Bonchev–Trinajstić information content (AvgIpc) is 2.53. The van der Waals surface area contributed by atoms with Gasteiger partial charge in [0.05, 0.1) is 10.6 Å². The summed E-state index contributed by atoms with van der Waals surface area (Å²) < 4.78 is 27.3. The molecule has 0 N–H and O–H groups in total. The van der Waals surface area contributed by atoms with E-state index in [2.05, 4.69) is 0 Å². The molecule has 128 valence electrons. The van der Waals surface area contributed by atoms with Gasteiger partial charge in [-0.15, -0.1) is 0 Å². The number of benzene rings is 2. The van der Waals surface area contributed by atoms with Gasteiger partial charge in [-0.3, -0.25) is 9.10 Å². The van der Waals surface area contributed by atoms with E-state index in [0.29, 0.717) is 10.7 Å². The normalized spacial score (nSPS) is 11.2. The van der Waals surface area contributed by atoms with Crippen LogP contribution in [0.5, 0.6) is 0 Å². The Balaban J connectivity index is 2.55. The van der Waals surface area contributed by atoms with Crippen molar-refractivity contribution in [3.05, 3.63) is 59.1 Å². The molecule has 5 nitrogen and oxygen atoms in total. The average molecular weight is 367 g/mol. The van der Waals surface area contributed by atoms with Gasteiger partial charge >= 0.3 is 0 Å². The molecular formula is C17H19ClN2O3S. The molecule has 0 atom stereocenters. The fourth-order valence-corrected chi connectivity index (χ4v) is 3.75. The number of rotatable bonds is 5. The highest BCUT2D eigenvalue weighted by atomic mass is 35.5. The third-order valence-electron chi connectivity index (χ3n) is 3.56. The van der Waals surface area contributed by atoms with Crippen LogP contribution in [0.25, 0.3) is 0 Å². The number of hydrogen-bond donors (Lipinski definition) is 0. The fourth-order valence-electron chi connectivity index (χ4n) is 2.14. The van der Waals surface area contributed by atoms with Crippen molar-refractivity contribution in [1.82, 2.24) is 4.90 Å². The van der Waals surface area contributed by atoms with Crippen LogP contribution in [0, 0.1) is 6.92 Å². The van der Waals surface area contributed by atoms with E-state index in [-0.39, 0.29) is 17.3 Å². The molecular weight excluding hydrogens is 348 g/mol. The standard InChI is InChI=1S/C17H19ClN2O3S/c1-13-6-4-5-7-16(13)20(12-17(21)19(2)3)24(22,23)15-10-8-14(18)9-11-15/h4-11H,12H2,1-3H3. The van der Waals surface area contributed by atoms with Gasteiger partial charge in [0.2, 0.25) is 5.91 Å². The number of para-hydroxylation sites is 1.